The highest BCUT2D eigenvalue weighted by Gasteiger charge is 2.14. The van der Waals surface area contributed by atoms with E-state index in [0.29, 0.717) is 6.54 Å². The Balaban J connectivity index is 2.17. The van der Waals surface area contributed by atoms with Gasteiger partial charge < -0.3 is 10.1 Å². The molecule has 2 aromatic rings. The molecule has 0 aliphatic heterocycles. The topological polar surface area (TPSA) is 41.6 Å². The molecule has 4 nitrogen and oxygen atoms in total. The minimum absolute atomic E-state index is 0.0185. The van der Waals surface area contributed by atoms with Crippen LogP contribution in [0, 0.1) is 0 Å². The fourth-order valence-corrected chi connectivity index (χ4v) is 2.52. The molecule has 0 saturated carbocycles. The Hall–Kier alpha value is -2.33. The standard InChI is InChI=1S/C19H24N2O2/c1-14(21(3)13-19(22)20-2)15-9-11-16(12-10-15)17-7-5-6-8-18(17)23-4/h5-12,14H,13H2,1-4H3,(H,20,22)/t14-/m0/s1. The summed E-state index contributed by atoms with van der Waals surface area (Å²) in [5.74, 6) is 0.884. The van der Waals surface area contributed by atoms with Crippen molar-refractivity contribution in [2.75, 3.05) is 27.7 Å². The smallest absolute Gasteiger partial charge is 0.233 e. The molecule has 0 radical (unpaired) electrons. The van der Waals surface area contributed by atoms with E-state index in [1.54, 1.807) is 14.2 Å². The van der Waals surface area contributed by atoms with Crippen molar-refractivity contribution >= 4 is 5.91 Å². The van der Waals surface area contributed by atoms with Gasteiger partial charge in [-0.2, -0.15) is 0 Å². The molecular weight excluding hydrogens is 288 g/mol. The molecule has 0 unspecified atom stereocenters. The molecule has 0 aliphatic rings. The number of nitrogens with zero attached hydrogens (tertiary/aromatic N) is 1. The third-order valence-electron chi connectivity index (χ3n) is 4.14. The lowest BCUT2D eigenvalue weighted by Gasteiger charge is -2.24. The van der Waals surface area contributed by atoms with E-state index >= 15 is 0 Å². The van der Waals surface area contributed by atoms with Gasteiger partial charge in [0.1, 0.15) is 5.75 Å². The Morgan fingerprint density at radius 2 is 1.83 bits per heavy atom. The first-order valence-corrected chi connectivity index (χ1v) is 7.71. The van der Waals surface area contributed by atoms with Crippen molar-refractivity contribution in [3.8, 4) is 16.9 Å². The van der Waals surface area contributed by atoms with Gasteiger partial charge in [-0.3, -0.25) is 9.69 Å². The summed E-state index contributed by atoms with van der Waals surface area (Å²) in [5, 5.41) is 2.65. The number of hydrogen-bond acceptors (Lipinski definition) is 3. The Kier molecular flexibility index (Phi) is 5.77. The number of amides is 1. The maximum Gasteiger partial charge on any atom is 0.233 e. The third-order valence-corrected chi connectivity index (χ3v) is 4.14. The maximum absolute atomic E-state index is 11.5. The number of rotatable bonds is 6. The summed E-state index contributed by atoms with van der Waals surface area (Å²) in [6, 6.07) is 16.5. The van der Waals surface area contributed by atoms with Gasteiger partial charge in [0.2, 0.25) is 5.91 Å². The van der Waals surface area contributed by atoms with Gasteiger partial charge in [0.15, 0.2) is 0 Å². The van der Waals surface area contributed by atoms with Gasteiger partial charge in [-0.1, -0.05) is 42.5 Å². The number of likely N-dealkylation sites (N-methyl/N-ethyl adjacent to an activating group) is 2. The molecule has 23 heavy (non-hydrogen) atoms. The molecule has 0 saturated heterocycles. The van der Waals surface area contributed by atoms with Crippen LogP contribution in [0.1, 0.15) is 18.5 Å². The highest BCUT2D eigenvalue weighted by Crippen LogP contribution is 2.30. The molecule has 0 aromatic heterocycles. The van der Waals surface area contributed by atoms with Gasteiger partial charge >= 0.3 is 0 Å². The van der Waals surface area contributed by atoms with E-state index in [1.807, 2.05) is 30.1 Å². The Bertz CT molecular complexity index is 653. The first-order chi connectivity index (χ1) is 11.1. The largest absolute Gasteiger partial charge is 0.496 e. The number of hydrogen-bond donors (Lipinski definition) is 1. The lowest BCUT2D eigenvalue weighted by molar-refractivity contribution is -0.121. The molecule has 0 fully saturated rings. The summed E-state index contributed by atoms with van der Waals surface area (Å²) >= 11 is 0. The molecule has 2 rings (SSSR count). The second-order valence-electron chi connectivity index (χ2n) is 5.59. The van der Waals surface area contributed by atoms with Gasteiger partial charge in [-0.25, -0.2) is 0 Å². The van der Waals surface area contributed by atoms with Gasteiger partial charge in [-0.15, -0.1) is 0 Å². The second-order valence-corrected chi connectivity index (χ2v) is 5.59. The lowest BCUT2D eigenvalue weighted by atomic mass is 10.00. The molecule has 1 atom stereocenters. The summed E-state index contributed by atoms with van der Waals surface area (Å²) in [5.41, 5.74) is 3.37. The van der Waals surface area contributed by atoms with Crippen LogP contribution in [0.3, 0.4) is 0 Å². The van der Waals surface area contributed by atoms with E-state index in [2.05, 4.69) is 42.6 Å². The van der Waals surface area contributed by atoms with E-state index in [4.69, 9.17) is 4.74 Å². The average Bonchev–Trinajstić information content (AvgIpc) is 2.60. The quantitative estimate of drug-likeness (QED) is 0.891. The number of carbonyl (C=O) groups is 1. The number of benzene rings is 2. The van der Waals surface area contributed by atoms with Crippen LogP contribution in [0.4, 0.5) is 0 Å². The minimum atomic E-state index is 0.0185. The van der Waals surface area contributed by atoms with E-state index in [1.165, 1.54) is 5.56 Å². The summed E-state index contributed by atoms with van der Waals surface area (Å²) < 4.78 is 5.42. The first-order valence-electron chi connectivity index (χ1n) is 7.71. The van der Waals surface area contributed by atoms with Crippen molar-refractivity contribution < 1.29 is 9.53 Å². The van der Waals surface area contributed by atoms with Crippen molar-refractivity contribution in [3.63, 3.8) is 0 Å². The highest BCUT2D eigenvalue weighted by molar-refractivity contribution is 5.77. The Morgan fingerprint density at radius 1 is 1.17 bits per heavy atom. The van der Waals surface area contributed by atoms with Crippen LogP contribution in [0.15, 0.2) is 48.5 Å². The average molecular weight is 312 g/mol. The zero-order chi connectivity index (χ0) is 16.8. The normalized spacial score (nSPS) is 12.0. The highest BCUT2D eigenvalue weighted by atomic mass is 16.5. The van der Waals surface area contributed by atoms with Gasteiger partial charge in [-0.05, 0) is 31.2 Å². The van der Waals surface area contributed by atoms with Crippen LogP contribution >= 0.6 is 0 Å². The molecule has 1 amide bonds. The predicted molar refractivity (Wildman–Crippen MR) is 93.5 cm³/mol. The summed E-state index contributed by atoms with van der Waals surface area (Å²) in [7, 11) is 5.29. The molecule has 1 N–H and O–H groups in total. The molecule has 2 aromatic carbocycles. The van der Waals surface area contributed by atoms with Crippen molar-refractivity contribution in [1.29, 1.82) is 0 Å². The Labute approximate surface area is 138 Å². The van der Waals surface area contributed by atoms with Crippen LogP contribution < -0.4 is 10.1 Å². The van der Waals surface area contributed by atoms with E-state index in [-0.39, 0.29) is 11.9 Å². The zero-order valence-corrected chi connectivity index (χ0v) is 14.2. The number of para-hydroxylation sites is 1. The SMILES string of the molecule is CNC(=O)CN(C)[C@@H](C)c1ccc(-c2ccccc2OC)cc1. The maximum atomic E-state index is 11.5. The number of ether oxygens (including phenoxy) is 1. The minimum Gasteiger partial charge on any atom is -0.496 e. The summed E-state index contributed by atoms with van der Waals surface area (Å²) in [6.45, 7) is 2.48. The molecule has 0 aliphatic carbocycles. The number of carbonyl (C=O) groups excluding carboxylic acids is 1. The molecule has 0 spiro atoms. The summed E-state index contributed by atoms with van der Waals surface area (Å²) in [4.78, 5) is 13.5. The van der Waals surface area contributed by atoms with Gasteiger partial charge in [0.25, 0.3) is 0 Å². The first kappa shape index (κ1) is 17.0. The van der Waals surface area contributed by atoms with E-state index in [9.17, 15) is 4.79 Å². The fraction of sp³-hybridized carbons (Fsp3) is 0.316. The number of methoxy groups -OCH3 is 1. The molecule has 122 valence electrons. The van der Waals surface area contributed by atoms with Crippen molar-refractivity contribution in [1.82, 2.24) is 10.2 Å². The van der Waals surface area contributed by atoms with Gasteiger partial charge in [0.05, 0.1) is 13.7 Å². The third kappa shape index (κ3) is 4.11. The molecule has 4 heteroatoms. The monoisotopic (exact) mass is 312 g/mol. The van der Waals surface area contributed by atoms with Crippen molar-refractivity contribution in [2.24, 2.45) is 0 Å². The Morgan fingerprint density at radius 3 is 2.43 bits per heavy atom. The lowest BCUT2D eigenvalue weighted by Crippen LogP contribution is -2.34. The van der Waals surface area contributed by atoms with Gasteiger partial charge in [0, 0.05) is 18.7 Å². The molecule has 0 bridgehead atoms. The number of nitrogens with one attached hydrogen (secondary N) is 1. The van der Waals surface area contributed by atoms with Crippen LogP contribution in [0.25, 0.3) is 11.1 Å². The van der Waals surface area contributed by atoms with Crippen molar-refractivity contribution in [2.45, 2.75) is 13.0 Å². The fourth-order valence-electron chi connectivity index (χ4n) is 2.52. The van der Waals surface area contributed by atoms with Crippen LogP contribution in [0.2, 0.25) is 0 Å². The zero-order valence-electron chi connectivity index (χ0n) is 14.2. The van der Waals surface area contributed by atoms with Crippen LogP contribution in [-0.2, 0) is 4.79 Å². The van der Waals surface area contributed by atoms with E-state index < -0.39 is 0 Å². The molecular formula is C19H24N2O2. The summed E-state index contributed by atoms with van der Waals surface area (Å²) in [6.07, 6.45) is 0. The molecule has 0 heterocycles. The predicted octanol–water partition coefficient (Wildman–Crippen LogP) is 3.10. The van der Waals surface area contributed by atoms with Crippen molar-refractivity contribution in [3.05, 3.63) is 54.1 Å². The van der Waals surface area contributed by atoms with E-state index in [0.717, 1.165) is 16.9 Å². The van der Waals surface area contributed by atoms with Crippen LogP contribution in [-0.4, -0.2) is 38.6 Å². The van der Waals surface area contributed by atoms with Crippen LogP contribution in [0.5, 0.6) is 5.75 Å². The second kappa shape index (κ2) is 7.79.